The average molecular weight is 460 g/mol. The van der Waals surface area contributed by atoms with Crippen LogP contribution in [0.2, 0.25) is 0 Å². The number of halogens is 1. The molecule has 1 aliphatic rings. The highest BCUT2D eigenvalue weighted by Gasteiger charge is 2.31. The Morgan fingerprint density at radius 1 is 1.40 bits per heavy atom. The molecule has 0 bridgehead atoms. The molecule has 25 heavy (non-hydrogen) atoms. The third-order valence-electron chi connectivity index (χ3n) is 4.11. The van der Waals surface area contributed by atoms with E-state index in [1.54, 1.807) is 19.0 Å². The number of aliphatic imine (C=N–C) groups is 1. The molecule has 2 unspecified atom stereocenters. The van der Waals surface area contributed by atoms with Crippen molar-refractivity contribution in [2.75, 3.05) is 26.0 Å². The molecule has 1 aliphatic heterocycles. The van der Waals surface area contributed by atoms with Gasteiger partial charge in [0, 0.05) is 19.8 Å². The number of likely N-dealkylation sites (N-methyl/N-ethyl adjacent to an activating group) is 1. The van der Waals surface area contributed by atoms with Crippen molar-refractivity contribution in [3.05, 3.63) is 29.8 Å². The Morgan fingerprint density at radius 3 is 2.76 bits per heavy atom. The number of benzene rings is 1. The zero-order valence-corrected chi connectivity index (χ0v) is 17.7. The number of amides is 1. The second-order valence-electron chi connectivity index (χ2n) is 6.69. The van der Waals surface area contributed by atoms with E-state index >= 15 is 0 Å². The molecule has 6 nitrogen and oxygen atoms in total. The third-order valence-corrected chi connectivity index (χ3v) is 4.11. The van der Waals surface area contributed by atoms with E-state index in [9.17, 15) is 4.79 Å². The monoisotopic (exact) mass is 460 g/mol. The van der Waals surface area contributed by atoms with Gasteiger partial charge >= 0.3 is 0 Å². The van der Waals surface area contributed by atoms with Crippen molar-refractivity contribution in [3.8, 4) is 0 Å². The van der Waals surface area contributed by atoms with Crippen molar-refractivity contribution in [1.29, 1.82) is 0 Å². The number of guanidine groups is 1. The minimum atomic E-state index is -0.350. The molecule has 0 aromatic heterocycles. The van der Waals surface area contributed by atoms with Crippen LogP contribution in [0.15, 0.2) is 29.3 Å². The van der Waals surface area contributed by atoms with Gasteiger partial charge in [0.15, 0.2) is 5.96 Å². The fourth-order valence-electron chi connectivity index (χ4n) is 2.67. The summed E-state index contributed by atoms with van der Waals surface area (Å²) in [6.45, 7) is 4.76. The number of ether oxygens (including phenoxy) is 1. The van der Waals surface area contributed by atoms with Crippen molar-refractivity contribution in [2.24, 2.45) is 10.7 Å². The van der Waals surface area contributed by atoms with Gasteiger partial charge in [-0.2, -0.15) is 0 Å². The maximum atomic E-state index is 11.9. The highest BCUT2D eigenvalue weighted by Crippen LogP contribution is 2.21. The second kappa shape index (κ2) is 9.96. The van der Waals surface area contributed by atoms with Crippen LogP contribution in [0.5, 0.6) is 0 Å². The predicted octanol–water partition coefficient (Wildman–Crippen LogP) is 2.79. The normalized spacial score (nSPS) is 20.3. The number of nitrogens with zero attached hydrogens (tertiary/aromatic N) is 2. The fourth-order valence-corrected chi connectivity index (χ4v) is 2.67. The molecule has 3 N–H and O–H groups in total. The summed E-state index contributed by atoms with van der Waals surface area (Å²) in [7, 11) is 3.48. The lowest BCUT2D eigenvalue weighted by Gasteiger charge is -2.16. The zero-order chi connectivity index (χ0) is 17.7. The van der Waals surface area contributed by atoms with Gasteiger partial charge in [-0.3, -0.25) is 9.79 Å². The summed E-state index contributed by atoms with van der Waals surface area (Å²) in [6, 6.07) is 8.14. The summed E-state index contributed by atoms with van der Waals surface area (Å²) >= 11 is 0. The van der Waals surface area contributed by atoms with Crippen LogP contribution in [0.4, 0.5) is 5.69 Å². The van der Waals surface area contributed by atoms with Gasteiger partial charge in [0.05, 0.1) is 12.6 Å². The molecule has 140 valence electrons. The van der Waals surface area contributed by atoms with E-state index in [2.05, 4.69) is 36.3 Å². The van der Waals surface area contributed by atoms with Crippen LogP contribution in [0.3, 0.4) is 0 Å². The van der Waals surface area contributed by atoms with Gasteiger partial charge in [0.2, 0.25) is 0 Å². The lowest BCUT2D eigenvalue weighted by atomic mass is 10.0. The summed E-state index contributed by atoms with van der Waals surface area (Å²) in [5, 5.41) is 3.11. The van der Waals surface area contributed by atoms with E-state index < -0.39 is 0 Å². The van der Waals surface area contributed by atoms with E-state index in [1.807, 2.05) is 12.1 Å². The maximum Gasteiger partial charge on any atom is 0.251 e. The Morgan fingerprint density at radius 2 is 2.12 bits per heavy atom. The van der Waals surface area contributed by atoms with Crippen LogP contribution >= 0.6 is 24.0 Å². The number of hydrogen-bond acceptors (Lipinski definition) is 3. The Labute approximate surface area is 167 Å². The van der Waals surface area contributed by atoms with Gasteiger partial charge in [-0.05, 0) is 36.5 Å². The Hall–Kier alpha value is -1.35. The van der Waals surface area contributed by atoms with Crippen LogP contribution in [-0.4, -0.2) is 49.6 Å². The van der Waals surface area contributed by atoms with Gasteiger partial charge in [0.1, 0.15) is 6.10 Å². The van der Waals surface area contributed by atoms with Crippen molar-refractivity contribution < 1.29 is 9.53 Å². The molecular weight excluding hydrogens is 431 g/mol. The zero-order valence-electron chi connectivity index (χ0n) is 15.4. The lowest BCUT2D eigenvalue weighted by molar-refractivity contribution is -0.140. The first kappa shape index (κ1) is 21.7. The van der Waals surface area contributed by atoms with E-state index in [-0.39, 0.29) is 42.1 Å². The molecule has 0 saturated carbocycles. The number of hydrogen-bond donors (Lipinski definition) is 2. The van der Waals surface area contributed by atoms with Crippen LogP contribution in [0.1, 0.15) is 38.2 Å². The quantitative estimate of drug-likeness (QED) is 0.403. The van der Waals surface area contributed by atoms with Gasteiger partial charge in [0.25, 0.3) is 5.91 Å². The van der Waals surface area contributed by atoms with E-state index in [1.165, 1.54) is 5.56 Å². The summed E-state index contributed by atoms with van der Waals surface area (Å²) < 4.78 is 5.75. The lowest BCUT2D eigenvalue weighted by Crippen LogP contribution is -2.34. The Balaban J connectivity index is 0.00000312. The third kappa shape index (κ3) is 6.47. The summed E-state index contributed by atoms with van der Waals surface area (Å²) in [4.78, 5) is 17.8. The van der Waals surface area contributed by atoms with Crippen molar-refractivity contribution >= 4 is 41.5 Å². The molecule has 2 rings (SSSR count). The largest absolute Gasteiger partial charge is 0.370 e. The number of nitrogens with two attached hydrogens (primary N) is 1. The van der Waals surface area contributed by atoms with Gasteiger partial charge in [-0.25, -0.2) is 0 Å². The number of nitrogens with one attached hydrogen (secondary N) is 1. The average Bonchev–Trinajstić information content (AvgIpc) is 3.01. The molecular formula is C18H29IN4O2. The molecule has 1 aromatic rings. The molecule has 0 aliphatic carbocycles. The molecule has 1 saturated heterocycles. The molecule has 1 fully saturated rings. The molecule has 1 heterocycles. The number of anilines is 1. The van der Waals surface area contributed by atoms with Crippen LogP contribution in [0.25, 0.3) is 0 Å². The van der Waals surface area contributed by atoms with Crippen molar-refractivity contribution in [1.82, 2.24) is 4.90 Å². The Kier molecular flexibility index (Phi) is 8.64. The van der Waals surface area contributed by atoms with E-state index in [4.69, 9.17) is 10.5 Å². The topological polar surface area (TPSA) is 79.9 Å². The summed E-state index contributed by atoms with van der Waals surface area (Å²) in [6.07, 6.45) is 1.16. The minimum Gasteiger partial charge on any atom is -0.370 e. The minimum absolute atomic E-state index is 0. The molecule has 7 heteroatoms. The Bertz CT molecular complexity index is 604. The van der Waals surface area contributed by atoms with Crippen LogP contribution in [-0.2, 0) is 9.53 Å². The number of carbonyl (C=O) groups excluding carboxylic acids is 1. The van der Waals surface area contributed by atoms with Crippen LogP contribution in [0, 0.1) is 0 Å². The predicted molar refractivity (Wildman–Crippen MR) is 113 cm³/mol. The second-order valence-corrected chi connectivity index (χ2v) is 6.69. The van der Waals surface area contributed by atoms with Crippen LogP contribution < -0.4 is 11.1 Å². The molecule has 1 amide bonds. The van der Waals surface area contributed by atoms with E-state index in [0.717, 1.165) is 18.5 Å². The number of rotatable bonds is 5. The first-order valence-corrected chi connectivity index (χ1v) is 8.40. The molecule has 0 radical (unpaired) electrons. The maximum absolute atomic E-state index is 11.9. The van der Waals surface area contributed by atoms with Gasteiger partial charge in [-0.1, -0.05) is 26.0 Å². The van der Waals surface area contributed by atoms with Gasteiger partial charge < -0.3 is 20.7 Å². The van der Waals surface area contributed by atoms with Crippen molar-refractivity contribution in [2.45, 2.75) is 44.8 Å². The van der Waals surface area contributed by atoms with Gasteiger partial charge in [-0.15, -0.1) is 24.0 Å². The van der Waals surface area contributed by atoms with E-state index in [0.29, 0.717) is 18.4 Å². The van der Waals surface area contributed by atoms with Crippen molar-refractivity contribution in [3.63, 3.8) is 0 Å². The summed E-state index contributed by atoms with van der Waals surface area (Å²) in [5.74, 6) is 0.836. The highest BCUT2D eigenvalue weighted by atomic mass is 127. The molecule has 1 aromatic carbocycles. The molecule has 0 spiro atoms. The fraction of sp³-hybridized carbons (Fsp3) is 0.556. The molecule has 2 atom stereocenters. The first-order chi connectivity index (χ1) is 11.4. The SMILES string of the molecule is CC(C)c1cccc(NC(N)=NCC2CCC(C(=O)N(C)C)O2)c1.I. The smallest absolute Gasteiger partial charge is 0.251 e. The summed E-state index contributed by atoms with van der Waals surface area (Å²) in [5.41, 5.74) is 8.13. The standard InChI is InChI=1S/C18H28N4O2.HI/c1-12(2)13-6-5-7-14(10-13)21-18(19)20-11-15-8-9-16(24-15)17(23)22(3)4;/h5-7,10,12,15-16H,8-9,11H2,1-4H3,(H3,19,20,21);1H. The first-order valence-electron chi connectivity index (χ1n) is 8.40. The number of carbonyl (C=O) groups is 1. The highest BCUT2D eigenvalue weighted by molar-refractivity contribution is 14.0.